The fourth-order valence-electron chi connectivity index (χ4n) is 3.62. The Kier molecular flexibility index (Phi) is 6.43. The smallest absolute Gasteiger partial charge is 0.340 e. The van der Waals surface area contributed by atoms with Gasteiger partial charge in [0, 0.05) is 18.6 Å². The number of esters is 2. The largest absolute Gasteiger partial charge is 0.493 e. The van der Waals surface area contributed by atoms with Crippen LogP contribution in [-0.2, 0) is 20.7 Å². The molecule has 0 saturated heterocycles. The second-order valence-electron chi connectivity index (χ2n) is 8.07. The van der Waals surface area contributed by atoms with Crippen LogP contribution in [0.4, 0.5) is 5.69 Å². The zero-order valence-corrected chi connectivity index (χ0v) is 19.0. The Bertz CT molecular complexity index is 1080. The molecule has 8 heteroatoms. The number of anilines is 1. The molecule has 170 valence electrons. The number of hydrogen-bond donors (Lipinski definition) is 1. The molecule has 0 spiro atoms. The second kappa shape index (κ2) is 8.90. The van der Waals surface area contributed by atoms with E-state index in [2.05, 4.69) is 19.2 Å². The maximum Gasteiger partial charge on any atom is 0.340 e. The van der Waals surface area contributed by atoms with E-state index in [0.717, 1.165) is 11.1 Å². The van der Waals surface area contributed by atoms with Crippen LogP contribution in [0.5, 0.6) is 11.5 Å². The van der Waals surface area contributed by atoms with Gasteiger partial charge in [-0.25, -0.2) is 9.59 Å². The molecule has 1 N–H and O–H groups in total. The Hall–Kier alpha value is -3.55. The molecule has 0 fully saturated rings. The minimum Gasteiger partial charge on any atom is -0.493 e. The lowest BCUT2D eigenvalue weighted by Crippen LogP contribution is -2.49. The summed E-state index contributed by atoms with van der Waals surface area (Å²) >= 11 is 0. The van der Waals surface area contributed by atoms with Gasteiger partial charge in [0.05, 0.1) is 38.1 Å². The van der Waals surface area contributed by atoms with Crippen LogP contribution < -0.4 is 14.8 Å². The number of carbonyl (C=O) groups excluding carboxylic acids is 3. The van der Waals surface area contributed by atoms with Crippen molar-refractivity contribution in [3.63, 3.8) is 0 Å². The highest BCUT2D eigenvalue weighted by atomic mass is 16.6. The van der Waals surface area contributed by atoms with Crippen LogP contribution in [0.1, 0.15) is 58.5 Å². The zero-order valence-electron chi connectivity index (χ0n) is 19.0. The standard InChI is InChI=1S/C24H27NO7/c1-13(2)14-7-8-16-15(9-14)12-24(3,32-22(16)27)23(28)25-18-11-20(30-5)19(29-4)10-17(18)21(26)31-6/h7-11,13H,12H2,1-6H3,(H,25,28). The van der Waals surface area contributed by atoms with E-state index >= 15 is 0 Å². The van der Waals surface area contributed by atoms with Gasteiger partial charge in [0.2, 0.25) is 0 Å². The van der Waals surface area contributed by atoms with Gasteiger partial charge in [0.1, 0.15) is 0 Å². The molecule has 0 bridgehead atoms. The first kappa shape index (κ1) is 23.1. The molecule has 1 aliphatic rings. The topological polar surface area (TPSA) is 100 Å². The molecule has 1 amide bonds. The number of hydrogen-bond acceptors (Lipinski definition) is 7. The van der Waals surface area contributed by atoms with Crippen molar-refractivity contribution in [2.45, 2.75) is 38.7 Å². The molecule has 0 aromatic heterocycles. The lowest BCUT2D eigenvalue weighted by Gasteiger charge is -2.33. The van der Waals surface area contributed by atoms with E-state index in [1.807, 2.05) is 12.1 Å². The normalized spacial score (nSPS) is 17.3. The molecule has 0 aliphatic carbocycles. The highest BCUT2D eigenvalue weighted by Gasteiger charge is 2.43. The van der Waals surface area contributed by atoms with Crippen molar-refractivity contribution in [2.75, 3.05) is 26.6 Å². The van der Waals surface area contributed by atoms with Gasteiger partial charge >= 0.3 is 11.9 Å². The minimum atomic E-state index is -1.47. The average Bonchev–Trinajstić information content (AvgIpc) is 2.77. The van der Waals surface area contributed by atoms with Crippen LogP contribution >= 0.6 is 0 Å². The van der Waals surface area contributed by atoms with Gasteiger partial charge in [-0.05, 0) is 30.0 Å². The lowest BCUT2D eigenvalue weighted by molar-refractivity contribution is -0.134. The summed E-state index contributed by atoms with van der Waals surface area (Å²) in [5.74, 6) is -0.931. The Balaban J connectivity index is 1.97. The van der Waals surface area contributed by atoms with Crippen LogP contribution in [0, 0.1) is 0 Å². The summed E-state index contributed by atoms with van der Waals surface area (Å²) < 4.78 is 20.9. The van der Waals surface area contributed by atoms with Crippen molar-refractivity contribution < 1.29 is 33.3 Å². The molecule has 1 heterocycles. The highest BCUT2D eigenvalue weighted by Crippen LogP contribution is 2.36. The number of nitrogens with one attached hydrogen (secondary N) is 1. The van der Waals surface area contributed by atoms with Gasteiger partial charge < -0.3 is 24.3 Å². The van der Waals surface area contributed by atoms with Gasteiger partial charge in [-0.1, -0.05) is 26.0 Å². The maximum absolute atomic E-state index is 13.3. The van der Waals surface area contributed by atoms with E-state index in [0.29, 0.717) is 17.1 Å². The Morgan fingerprint density at radius 2 is 1.72 bits per heavy atom. The number of methoxy groups -OCH3 is 3. The van der Waals surface area contributed by atoms with Crippen LogP contribution in [0.3, 0.4) is 0 Å². The second-order valence-corrected chi connectivity index (χ2v) is 8.07. The predicted octanol–water partition coefficient (Wildman–Crippen LogP) is 3.72. The summed E-state index contributed by atoms with van der Waals surface area (Å²) in [5, 5.41) is 2.70. The number of rotatable bonds is 6. The Labute approximate surface area is 186 Å². The van der Waals surface area contributed by atoms with Crippen molar-refractivity contribution in [1.29, 1.82) is 0 Å². The lowest BCUT2D eigenvalue weighted by atomic mass is 9.86. The Morgan fingerprint density at radius 1 is 1.06 bits per heavy atom. The molecule has 0 saturated carbocycles. The van der Waals surface area contributed by atoms with E-state index < -0.39 is 23.4 Å². The van der Waals surface area contributed by atoms with Crippen molar-refractivity contribution in [2.24, 2.45) is 0 Å². The number of benzene rings is 2. The van der Waals surface area contributed by atoms with Crippen molar-refractivity contribution >= 4 is 23.5 Å². The van der Waals surface area contributed by atoms with Crippen molar-refractivity contribution in [3.05, 3.63) is 52.6 Å². The predicted molar refractivity (Wildman–Crippen MR) is 118 cm³/mol. The Morgan fingerprint density at radius 3 is 2.31 bits per heavy atom. The summed E-state index contributed by atoms with van der Waals surface area (Å²) in [4.78, 5) is 38.2. The first-order valence-electron chi connectivity index (χ1n) is 10.2. The molecule has 3 rings (SSSR count). The molecule has 1 atom stereocenters. The van der Waals surface area contributed by atoms with E-state index in [-0.39, 0.29) is 23.6 Å². The fraction of sp³-hybridized carbons (Fsp3) is 0.375. The average molecular weight is 441 g/mol. The van der Waals surface area contributed by atoms with Crippen LogP contribution in [0.15, 0.2) is 30.3 Å². The molecular weight excluding hydrogens is 414 g/mol. The summed E-state index contributed by atoms with van der Waals surface area (Å²) in [5.41, 5.74) is 1.01. The van der Waals surface area contributed by atoms with Gasteiger partial charge in [-0.15, -0.1) is 0 Å². The molecule has 32 heavy (non-hydrogen) atoms. The molecule has 2 aromatic rings. The number of amides is 1. The monoisotopic (exact) mass is 441 g/mol. The molecule has 0 radical (unpaired) electrons. The summed E-state index contributed by atoms with van der Waals surface area (Å²) in [6, 6.07) is 8.43. The van der Waals surface area contributed by atoms with Gasteiger partial charge in [0.25, 0.3) is 5.91 Å². The van der Waals surface area contributed by atoms with Gasteiger partial charge in [0.15, 0.2) is 17.1 Å². The SMILES string of the molecule is COC(=O)c1cc(OC)c(OC)cc1NC(=O)C1(C)Cc2cc(C(C)C)ccc2C(=O)O1. The van der Waals surface area contributed by atoms with Gasteiger partial charge in [-0.2, -0.15) is 0 Å². The third-order valence-corrected chi connectivity index (χ3v) is 5.52. The number of fused-ring (bicyclic) bond motifs is 1. The first-order chi connectivity index (χ1) is 15.1. The number of ether oxygens (including phenoxy) is 4. The number of carbonyl (C=O) groups is 3. The molecular formula is C24H27NO7. The molecule has 1 unspecified atom stereocenters. The van der Waals surface area contributed by atoms with Crippen molar-refractivity contribution in [1.82, 2.24) is 0 Å². The third-order valence-electron chi connectivity index (χ3n) is 5.52. The maximum atomic E-state index is 13.3. The van der Waals surface area contributed by atoms with Crippen LogP contribution in [0.25, 0.3) is 0 Å². The zero-order chi connectivity index (χ0) is 23.6. The summed E-state index contributed by atoms with van der Waals surface area (Å²) in [6.07, 6.45) is 0.196. The molecule has 2 aromatic carbocycles. The minimum absolute atomic E-state index is 0.0757. The summed E-state index contributed by atoms with van der Waals surface area (Å²) in [7, 11) is 4.11. The quantitative estimate of drug-likeness (QED) is 0.682. The molecule has 8 nitrogen and oxygen atoms in total. The number of cyclic esters (lactones) is 1. The highest BCUT2D eigenvalue weighted by molar-refractivity contribution is 6.06. The van der Waals surface area contributed by atoms with E-state index in [1.54, 1.807) is 13.0 Å². The van der Waals surface area contributed by atoms with Gasteiger partial charge in [-0.3, -0.25) is 4.79 Å². The van der Waals surface area contributed by atoms with Crippen molar-refractivity contribution in [3.8, 4) is 11.5 Å². The van der Waals surface area contributed by atoms with E-state index in [9.17, 15) is 14.4 Å². The first-order valence-corrected chi connectivity index (χ1v) is 10.2. The van der Waals surface area contributed by atoms with E-state index in [1.165, 1.54) is 33.5 Å². The fourth-order valence-corrected chi connectivity index (χ4v) is 3.62. The van der Waals surface area contributed by atoms with Crippen LogP contribution in [-0.4, -0.2) is 44.8 Å². The van der Waals surface area contributed by atoms with Crippen LogP contribution in [0.2, 0.25) is 0 Å². The molecule has 1 aliphatic heterocycles. The third kappa shape index (κ3) is 4.26. The summed E-state index contributed by atoms with van der Waals surface area (Å²) in [6.45, 7) is 5.66. The van der Waals surface area contributed by atoms with E-state index in [4.69, 9.17) is 18.9 Å².